The first-order valence-corrected chi connectivity index (χ1v) is 12.1. The maximum absolute atomic E-state index is 14.1. The molecule has 0 unspecified atom stereocenters. The fourth-order valence-electron chi connectivity index (χ4n) is 4.21. The number of aromatic amines is 1. The van der Waals surface area contributed by atoms with Crippen LogP contribution in [0.4, 0.5) is 15.8 Å². The summed E-state index contributed by atoms with van der Waals surface area (Å²) in [5, 5.41) is 12.5. The predicted octanol–water partition coefficient (Wildman–Crippen LogP) is 4.15. The average molecular weight is 556 g/mol. The van der Waals surface area contributed by atoms with Crippen LogP contribution in [-0.2, 0) is 29.1 Å². The van der Waals surface area contributed by atoms with Gasteiger partial charge < -0.3 is 20.3 Å². The van der Waals surface area contributed by atoms with E-state index in [2.05, 4.69) is 36.8 Å². The van der Waals surface area contributed by atoms with Gasteiger partial charge in [-0.05, 0) is 56.2 Å². The van der Waals surface area contributed by atoms with Crippen LogP contribution < -0.4 is 15.4 Å². The fraction of sp³-hybridized carbons (Fsp3) is 0.280. The Kier molecular flexibility index (Phi) is 6.03. The van der Waals surface area contributed by atoms with E-state index in [1.807, 2.05) is 0 Å². The highest BCUT2D eigenvalue weighted by Gasteiger charge is 2.35. The molecule has 5 rings (SSSR count). The van der Waals surface area contributed by atoms with Crippen LogP contribution in [0.5, 0.6) is 5.75 Å². The second-order valence-corrected chi connectivity index (χ2v) is 10.2. The number of carbonyl (C=O) groups excluding carboxylic acids is 3. The van der Waals surface area contributed by atoms with E-state index in [4.69, 9.17) is 4.74 Å². The molecule has 1 aromatic heterocycles. The van der Waals surface area contributed by atoms with Crippen LogP contribution in [-0.4, -0.2) is 38.4 Å². The number of carbonyl (C=O) groups is 3. The number of ether oxygens (including phenoxy) is 1. The second-order valence-electron chi connectivity index (χ2n) is 9.25. The Hall–Kier alpha value is -3.73. The summed E-state index contributed by atoms with van der Waals surface area (Å²) >= 11 is 3.22. The summed E-state index contributed by atoms with van der Waals surface area (Å²) in [5.74, 6) is -0.709. The van der Waals surface area contributed by atoms with Gasteiger partial charge in [-0.25, -0.2) is 4.39 Å². The minimum absolute atomic E-state index is 0.137. The predicted molar refractivity (Wildman–Crippen MR) is 133 cm³/mol. The van der Waals surface area contributed by atoms with Crippen molar-refractivity contribution in [3.8, 4) is 5.75 Å². The molecule has 3 N–H and O–H groups in total. The molecule has 0 radical (unpaired) electrons. The van der Waals surface area contributed by atoms with Gasteiger partial charge in [-0.1, -0.05) is 22.0 Å². The van der Waals surface area contributed by atoms with E-state index in [1.54, 1.807) is 49.1 Å². The highest BCUT2D eigenvalue weighted by Crippen LogP contribution is 2.35. The van der Waals surface area contributed by atoms with Crippen LogP contribution in [0, 0.1) is 5.82 Å². The zero-order valence-corrected chi connectivity index (χ0v) is 21.2. The Morgan fingerprint density at radius 2 is 2.03 bits per heavy atom. The minimum atomic E-state index is -0.983. The molecule has 2 aliphatic heterocycles. The molecule has 0 bridgehead atoms. The van der Waals surface area contributed by atoms with Crippen LogP contribution in [0.1, 0.15) is 47.6 Å². The molecule has 0 aliphatic carbocycles. The van der Waals surface area contributed by atoms with Gasteiger partial charge in [0.15, 0.2) is 11.3 Å². The maximum atomic E-state index is 14.1. The van der Waals surface area contributed by atoms with E-state index < -0.39 is 11.5 Å². The van der Waals surface area contributed by atoms with Crippen molar-refractivity contribution in [2.75, 3.05) is 10.6 Å². The summed E-state index contributed by atoms with van der Waals surface area (Å²) < 4.78 is 20.4. The SMILES string of the molecule is CC1(C)Oc2ccc(NC(=O)c3n[nH]c4c3CN(C(=O)CCc3ccc(Br)cc3F)C4)cc2NC1=O. The molecule has 3 heterocycles. The molecule has 2 aromatic carbocycles. The van der Waals surface area contributed by atoms with Crippen molar-refractivity contribution in [3.63, 3.8) is 0 Å². The quantitative estimate of drug-likeness (QED) is 0.437. The number of amides is 3. The standard InChI is InChI=1S/C25H23BrFN5O4/c1-25(2)24(35)29-18-10-15(6-7-20(18)36-25)28-23(34)22-16-11-32(12-19(16)30-31-22)21(33)8-4-13-3-5-14(26)9-17(13)27/h3,5-7,9-10H,4,8,11-12H2,1-2H3,(H,28,34)(H,29,35)(H,30,31). The molecule has 0 fully saturated rings. The van der Waals surface area contributed by atoms with Gasteiger partial charge in [0.1, 0.15) is 11.6 Å². The van der Waals surface area contributed by atoms with Gasteiger partial charge in [0.25, 0.3) is 11.8 Å². The minimum Gasteiger partial charge on any atom is -0.476 e. The molecule has 3 amide bonds. The Morgan fingerprint density at radius 3 is 2.81 bits per heavy atom. The molecule has 3 aromatic rings. The first-order valence-electron chi connectivity index (χ1n) is 11.3. The van der Waals surface area contributed by atoms with Gasteiger partial charge in [-0.15, -0.1) is 0 Å². The zero-order chi connectivity index (χ0) is 25.6. The number of rotatable bonds is 5. The second kappa shape index (κ2) is 9.05. The van der Waals surface area contributed by atoms with E-state index in [0.29, 0.717) is 45.0 Å². The number of halogens is 2. The smallest absolute Gasteiger partial charge is 0.276 e. The van der Waals surface area contributed by atoms with Crippen molar-refractivity contribution in [2.45, 2.75) is 45.4 Å². The first kappa shape index (κ1) is 24.0. The van der Waals surface area contributed by atoms with E-state index in [1.165, 1.54) is 6.07 Å². The summed E-state index contributed by atoms with van der Waals surface area (Å²) in [6.07, 6.45) is 0.432. The van der Waals surface area contributed by atoms with E-state index >= 15 is 0 Å². The number of fused-ring (bicyclic) bond motifs is 2. The highest BCUT2D eigenvalue weighted by atomic mass is 79.9. The lowest BCUT2D eigenvalue weighted by atomic mass is 10.1. The lowest BCUT2D eigenvalue weighted by Gasteiger charge is -2.31. The Labute approximate surface area is 214 Å². The molecule has 186 valence electrons. The van der Waals surface area contributed by atoms with E-state index in [9.17, 15) is 18.8 Å². The molecule has 0 spiro atoms. The van der Waals surface area contributed by atoms with Crippen molar-refractivity contribution >= 4 is 45.0 Å². The Morgan fingerprint density at radius 1 is 1.22 bits per heavy atom. The Balaban J connectivity index is 1.23. The van der Waals surface area contributed by atoms with Gasteiger partial charge in [-0.3, -0.25) is 19.5 Å². The van der Waals surface area contributed by atoms with Crippen molar-refractivity contribution < 1.29 is 23.5 Å². The van der Waals surface area contributed by atoms with Crippen LogP contribution in [0.2, 0.25) is 0 Å². The number of aryl methyl sites for hydroxylation is 1. The number of H-pyrrole nitrogens is 1. The van der Waals surface area contributed by atoms with Crippen LogP contribution in [0.15, 0.2) is 40.9 Å². The maximum Gasteiger partial charge on any atom is 0.276 e. The molecule has 2 aliphatic rings. The molecule has 9 nitrogen and oxygen atoms in total. The number of hydrogen-bond donors (Lipinski definition) is 3. The van der Waals surface area contributed by atoms with Crippen molar-refractivity contribution in [1.29, 1.82) is 0 Å². The fourth-order valence-corrected chi connectivity index (χ4v) is 4.54. The highest BCUT2D eigenvalue weighted by molar-refractivity contribution is 9.10. The lowest BCUT2D eigenvalue weighted by molar-refractivity contribution is -0.132. The van der Waals surface area contributed by atoms with Gasteiger partial charge in [-0.2, -0.15) is 5.10 Å². The Bertz CT molecular complexity index is 1400. The first-order chi connectivity index (χ1) is 17.1. The van der Waals surface area contributed by atoms with Crippen molar-refractivity contribution in [2.24, 2.45) is 0 Å². The monoisotopic (exact) mass is 555 g/mol. The molecule has 0 saturated carbocycles. The third-order valence-electron chi connectivity index (χ3n) is 6.24. The number of anilines is 2. The van der Waals surface area contributed by atoms with Gasteiger partial charge in [0.05, 0.1) is 24.5 Å². The molecule has 0 saturated heterocycles. The summed E-state index contributed by atoms with van der Waals surface area (Å²) in [5.41, 5.74) is 1.94. The molecule has 36 heavy (non-hydrogen) atoms. The summed E-state index contributed by atoms with van der Waals surface area (Å²) in [4.78, 5) is 39.5. The van der Waals surface area contributed by atoms with Crippen LogP contribution in [0.3, 0.4) is 0 Å². The number of nitrogens with one attached hydrogen (secondary N) is 3. The number of nitrogens with zero attached hydrogens (tertiary/aromatic N) is 2. The van der Waals surface area contributed by atoms with Crippen LogP contribution >= 0.6 is 15.9 Å². The average Bonchev–Trinajstić information content (AvgIpc) is 3.40. The molecule has 0 atom stereocenters. The number of benzene rings is 2. The molecular weight excluding hydrogens is 533 g/mol. The number of hydrogen-bond acceptors (Lipinski definition) is 5. The molecule has 11 heteroatoms. The normalized spacial score (nSPS) is 15.6. The third kappa shape index (κ3) is 4.58. The van der Waals surface area contributed by atoms with Gasteiger partial charge in [0.2, 0.25) is 5.91 Å². The summed E-state index contributed by atoms with van der Waals surface area (Å²) in [6, 6.07) is 9.74. The molecular formula is C25H23BrFN5O4. The van der Waals surface area contributed by atoms with Gasteiger partial charge >= 0.3 is 0 Å². The largest absolute Gasteiger partial charge is 0.476 e. The zero-order valence-electron chi connectivity index (χ0n) is 19.6. The number of aromatic nitrogens is 2. The van der Waals surface area contributed by atoms with E-state index in [-0.39, 0.29) is 42.7 Å². The van der Waals surface area contributed by atoms with E-state index in [0.717, 1.165) is 0 Å². The topological polar surface area (TPSA) is 116 Å². The summed E-state index contributed by atoms with van der Waals surface area (Å²) in [6.45, 7) is 3.88. The van der Waals surface area contributed by atoms with Gasteiger partial charge in [0, 0.05) is 22.1 Å². The van der Waals surface area contributed by atoms with Crippen LogP contribution in [0.25, 0.3) is 0 Å². The van der Waals surface area contributed by atoms with Crippen molar-refractivity contribution in [1.82, 2.24) is 15.1 Å². The van der Waals surface area contributed by atoms with Crippen molar-refractivity contribution in [3.05, 3.63) is 69.2 Å². The lowest BCUT2D eigenvalue weighted by Crippen LogP contribution is -2.45. The third-order valence-corrected chi connectivity index (χ3v) is 6.73. The summed E-state index contributed by atoms with van der Waals surface area (Å²) in [7, 11) is 0.